The molecule has 19 heavy (non-hydrogen) atoms. The van der Waals surface area contributed by atoms with E-state index in [-0.39, 0.29) is 4.90 Å². The standard InChI is InChI=1S/C12H20N4O2S/c1-13-19(17,18)12-6-4-3-5-11(12)14-16-9-7-15(2)8-10-16/h3-6,13-14H,7-10H2,1-2H3. The van der Waals surface area contributed by atoms with Crippen molar-refractivity contribution in [1.82, 2.24) is 14.6 Å². The van der Waals surface area contributed by atoms with E-state index in [0.29, 0.717) is 5.69 Å². The van der Waals surface area contributed by atoms with E-state index in [0.717, 1.165) is 26.2 Å². The van der Waals surface area contributed by atoms with Gasteiger partial charge in [-0.2, -0.15) is 0 Å². The Morgan fingerprint density at radius 3 is 2.37 bits per heavy atom. The van der Waals surface area contributed by atoms with Crippen molar-refractivity contribution < 1.29 is 8.42 Å². The van der Waals surface area contributed by atoms with Gasteiger partial charge < -0.3 is 10.3 Å². The Bertz CT molecular complexity index is 524. The second-order valence-corrected chi connectivity index (χ2v) is 6.46. The lowest BCUT2D eigenvalue weighted by atomic mass is 10.3. The van der Waals surface area contributed by atoms with E-state index in [1.165, 1.54) is 7.05 Å². The Hall–Kier alpha value is -1.15. The number of nitrogens with one attached hydrogen (secondary N) is 2. The van der Waals surface area contributed by atoms with Gasteiger partial charge in [0.15, 0.2) is 0 Å². The Morgan fingerprint density at radius 1 is 1.11 bits per heavy atom. The summed E-state index contributed by atoms with van der Waals surface area (Å²) in [7, 11) is 0.0588. The van der Waals surface area contributed by atoms with Crippen LogP contribution >= 0.6 is 0 Å². The predicted octanol–water partition coefficient (Wildman–Crippen LogP) is 0.169. The largest absolute Gasteiger partial charge is 0.317 e. The number of sulfonamides is 1. The van der Waals surface area contributed by atoms with Crippen LogP contribution in [-0.2, 0) is 10.0 Å². The molecule has 7 heteroatoms. The molecule has 0 atom stereocenters. The van der Waals surface area contributed by atoms with E-state index in [9.17, 15) is 8.42 Å². The van der Waals surface area contributed by atoms with Gasteiger partial charge >= 0.3 is 0 Å². The molecule has 1 heterocycles. The molecular formula is C12H20N4O2S. The summed E-state index contributed by atoms with van der Waals surface area (Å²) >= 11 is 0. The van der Waals surface area contributed by atoms with Gasteiger partial charge in [-0.1, -0.05) is 12.1 Å². The van der Waals surface area contributed by atoms with E-state index in [1.54, 1.807) is 18.2 Å². The number of nitrogens with zero attached hydrogens (tertiary/aromatic N) is 2. The second-order valence-electron chi connectivity index (χ2n) is 4.61. The highest BCUT2D eigenvalue weighted by Crippen LogP contribution is 2.21. The quantitative estimate of drug-likeness (QED) is 0.825. The summed E-state index contributed by atoms with van der Waals surface area (Å²) in [6, 6.07) is 6.93. The number of hydrazine groups is 1. The Balaban J connectivity index is 2.17. The molecule has 1 aromatic carbocycles. The predicted molar refractivity (Wildman–Crippen MR) is 75.4 cm³/mol. The molecule has 0 aliphatic carbocycles. The van der Waals surface area contributed by atoms with Crippen LogP contribution in [0.5, 0.6) is 0 Å². The number of hydrogen-bond acceptors (Lipinski definition) is 5. The van der Waals surface area contributed by atoms with Crippen molar-refractivity contribution in [2.45, 2.75) is 4.90 Å². The van der Waals surface area contributed by atoms with Crippen LogP contribution in [0.3, 0.4) is 0 Å². The molecule has 2 rings (SSSR count). The van der Waals surface area contributed by atoms with Gasteiger partial charge in [0.2, 0.25) is 10.0 Å². The highest BCUT2D eigenvalue weighted by atomic mass is 32.2. The minimum atomic E-state index is -3.44. The number of likely N-dealkylation sites (N-methyl/N-ethyl adjacent to an activating group) is 1. The maximum atomic E-state index is 11.9. The molecule has 0 bridgehead atoms. The summed E-state index contributed by atoms with van der Waals surface area (Å²) in [4.78, 5) is 2.52. The molecular weight excluding hydrogens is 264 g/mol. The second kappa shape index (κ2) is 5.87. The van der Waals surface area contributed by atoms with Crippen molar-refractivity contribution in [1.29, 1.82) is 0 Å². The molecule has 1 aliphatic heterocycles. The smallest absolute Gasteiger partial charge is 0.242 e. The fraction of sp³-hybridized carbons (Fsp3) is 0.500. The molecule has 0 amide bonds. The maximum Gasteiger partial charge on any atom is 0.242 e. The molecule has 1 aromatic rings. The monoisotopic (exact) mass is 284 g/mol. The van der Waals surface area contributed by atoms with Gasteiger partial charge in [0.1, 0.15) is 4.90 Å². The van der Waals surface area contributed by atoms with E-state index in [4.69, 9.17) is 0 Å². The summed E-state index contributed by atoms with van der Waals surface area (Å²) in [6.07, 6.45) is 0. The number of para-hydroxylation sites is 1. The van der Waals surface area contributed by atoms with Gasteiger partial charge in [-0.3, -0.25) is 0 Å². The molecule has 2 N–H and O–H groups in total. The maximum absolute atomic E-state index is 11.9. The Morgan fingerprint density at radius 2 is 1.74 bits per heavy atom. The van der Waals surface area contributed by atoms with E-state index >= 15 is 0 Å². The first-order valence-corrected chi connectivity index (χ1v) is 7.74. The average molecular weight is 284 g/mol. The Labute approximate surface area is 114 Å². The van der Waals surface area contributed by atoms with Crippen LogP contribution in [0.4, 0.5) is 5.69 Å². The lowest BCUT2D eigenvalue weighted by molar-refractivity contribution is 0.178. The van der Waals surface area contributed by atoms with Gasteiger partial charge in [-0.25, -0.2) is 18.1 Å². The number of hydrogen-bond donors (Lipinski definition) is 2. The number of piperazine rings is 1. The van der Waals surface area contributed by atoms with Crippen LogP contribution in [0.15, 0.2) is 29.2 Å². The van der Waals surface area contributed by atoms with Crippen molar-refractivity contribution in [2.75, 3.05) is 45.7 Å². The number of anilines is 1. The van der Waals surface area contributed by atoms with Crippen LogP contribution < -0.4 is 10.1 Å². The van der Waals surface area contributed by atoms with Crippen LogP contribution in [0, 0.1) is 0 Å². The first-order chi connectivity index (χ1) is 9.03. The van der Waals surface area contributed by atoms with E-state index in [2.05, 4.69) is 22.1 Å². The van der Waals surface area contributed by atoms with Crippen LogP contribution in [0.2, 0.25) is 0 Å². The highest BCUT2D eigenvalue weighted by molar-refractivity contribution is 7.89. The minimum absolute atomic E-state index is 0.274. The lowest BCUT2D eigenvalue weighted by Gasteiger charge is -2.33. The third kappa shape index (κ3) is 3.44. The third-order valence-electron chi connectivity index (χ3n) is 3.23. The van der Waals surface area contributed by atoms with Crippen LogP contribution in [-0.4, -0.2) is 58.6 Å². The fourth-order valence-corrected chi connectivity index (χ4v) is 2.87. The molecule has 1 saturated heterocycles. The SMILES string of the molecule is CNS(=O)(=O)c1ccccc1NN1CCN(C)CC1. The zero-order valence-corrected chi connectivity index (χ0v) is 12.1. The molecule has 0 spiro atoms. The topological polar surface area (TPSA) is 64.7 Å². The number of benzene rings is 1. The summed E-state index contributed by atoms with van der Waals surface area (Å²) in [6.45, 7) is 3.66. The first-order valence-electron chi connectivity index (χ1n) is 6.25. The lowest BCUT2D eigenvalue weighted by Crippen LogP contribution is -2.47. The molecule has 0 unspecified atom stereocenters. The van der Waals surface area contributed by atoms with Crippen molar-refractivity contribution >= 4 is 15.7 Å². The fourth-order valence-electron chi connectivity index (χ4n) is 1.99. The molecule has 6 nitrogen and oxygen atoms in total. The van der Waals surface area contributed by atoms with Gasteiger partial charge in [-0.15, -0.1) is 0 Å². The zero-order chi connectivity index (χ0) is 13.9. The summed E-state index contributed by atoms with van der Waals surface area (Å²) in [5.74, 6) is 0. The van der Waals surface area contributed by atoms with Crippen molar-refractivity contribution in [2.24, 2.45) is 0 Å². The van der Waals surface area contributed by atoms with E-state index < -0.39 is 10.0 Å². The zero-order valence-electron chi connectivity index (χ0n) is 11.3. The average Bonchev–Trinajstić information content (AvgIpc) is 2.42. The Kier molecular flexibility index (Phi) is 4.41. The van der Waals surface area contributed by atoms with Crippen molar-refractivity contribution in [3.05, 3.63) is 24.3 Å². The minimum Gasteiger partial charge on any atom is -0.317 e. The van der Waals surface area contributed by atoms with Gasteiger partial charge in [-0.05, 0) is 26.2 Å². The molecule has 0 saturated carbocycles. The first kappa shape index (κ1) is 14.3. The summed E-state index contributed by atoms with van der Waals surface area (Å²) in [5.41, 5.74) is 3.81. The van der Waals surface area contributed by atoms with Crippen molar-refractivity contribution in [3.63, 3.8) is 0 Å². The highest BCUT2D eigenvalue weighted by Gasteiger charge is 2.19. The molecule has 0 radical (unpaired) electrons. The molecule has 0 aromatic heterocycles. The van der Waals surface area contributed by atoms with Crippen LogP contribution in [0.1, 0.15) is 0 Å². The molecule has 1 fully saturated rings. The number of rotatable bonds is 4. The van der Waals surface area contributed by atoms with Gasteiger partial charge in [0, 0.05) is 26.2 Å². The molecule has 1 aliphatic rings. The summed E-state index contributed by atoms with van der Waals surface area (Å²) < 4.78 is 26.2. The van der Waals surface area contributed by atoms with Gasteiger partial charge in [0.25, 0.3) is 0 Å². The van der Waals surface area contributed by atoms with E-state index in [1.807, 2.05) is 11.1 Å². The normalized spacial score (nSPS) is 18.4. The van der Waals surface area contributed by atoms with Crippen molar-refractivity contribution in [3.8, 4) is 0 Å². The third-order valence-corrected chi connectivity index (χ3v) is 4.70. The summed E-state index contributed by atoms with van der Waals surface area (Å²) in [5, 5.41) is 2.05. The molecule has 106 valence electrons. The van der Waals surface area contributed by atoms with Crippen LogP contribution in [0.25, 0.3) is 0 Å². The van der Waals surface area contributed by atoms with Gasteiger partial charge in [0.05, 0.1) is 5.69 Å².